The highest BCUT2D eigenvalue weighted by atomic mass is 16.6. The minimum absolute atomic E-state index is 0.0145. The van der Waals surface area contributed by atoms with Gasteiger partial charge in [0, 0.05) is 17.7 Å². The Morgan fingerprint density at radius 3 is 2.62 bits per heavy atom. The smallest absolute Gasteiger partial charge is 0.290 e. The standard InChI is InChI=1S/C10H15N3O3/c1-7-8(13(14)15)4-5-9(12-7)16-6-10(2,3)11/h4-5H,6,11H2,1-3H3. The van der Waals surface area contributed by atoms with Crippen LogP contribution in [0.1, 0.15) is 19.5 Å². The third-order valence-electron chi connectivity index (χ3n) is 1.82. The molecule has 0 unspecified atom stereocenters. The first-order valence-electron chi connectivity index (χ1n) is 4.83. The quantitative estimate of drug-likeness (QED) is 0.618. The van der Waals surface area contributed by atoms with E-state index in [0.717, 1.165) is 0 Å². The normalized spacial score (nSPS) is 11.2. The van der Waals surface area contributed by atoms with Crippen LogP contribution in [0, 0.1) is 17.0 Å². The van der Waals surface area contributed by atoms with Gasteiger partial charge in [0.05, 0.1) is 4.92 Å². The zero-order valence-corrected chi connectivity index (χ0v) is 9.56. The summed E-state index contributed by atoms with van der Waals surface area (Å²) in [6.07, 6.45) is 0. The molecule has 0 aliphatic heterocycles. The third-order valence-corrected chi connectivity index (χ3v) is 1.82. The highest BCUT2D eigenvalue weighted by Gasteiger charge is 2.15. The number of nitrogens with two attached hydrogens (primary N) is 1. The average Bonchev–Trinajstić information content (AvgIpc) is 2.13. The van der Waals surface area contributed by atoms with Gasteiger partial charge in [0.2, 0.25) is 5.88 Å². The topological polar surface area (TPSA) is 91.3 Å². The highest BCUT2D eigenvalue weighted by Crippen LogP contribution is 2.19. The molecule has 88 valence electrons. The molecule has 1 rings (SSSR count). The second-order valence-electron chi connectivity index (χ2n) is 4.29. The lowest BCUT2D eigenvalue weighted by atomic mass is 10.1. The van der Waals surface area contributed by atoms with Crippen molar-refractivity contribution < 1.29 is 9.66 Å². The van der Waals surface area contributed by atoms with Crippen LogP contribution in [0.5, 0.6) is 5.88 Å². The van der Waals surface area contributed by atoms with Crippen molar-refractivity contribution in [2.24, 2.45) is 5.73 Å². The van der Waals surface area contributed by atoms with E-state index >= 15 is 0 Å². The van der Waals surface area contributed by atoms with Gasteiger partial charge in [0.25, 0.3) is 5.69 Å². The Kier molecular flexibility index (Phi) is 3.44. The number of hydrogen-bond acceptors (Lipinski definition) is 5. The first-order chi connectivity index (χ1) is 7.29. The van der Waals surface area contributed by atoms with E-state index in [1.807, 2.05) is 13.8 Å². The Morgan fingerprint density at radius 1 is 1.56 bits per heavy atom. The fraction of sp³-hybridized carbons (Fsp3) is 0.500. The summed E-state index contributed by atoms with van der Waals surface area (Å²) in [7, 11) is 0. The lowest BCUT2D eigenvalue weighted by molar-refractivity contribution is -0.385. The van der Waals surface area contributed by atoms with Gasteiger partial charge in [0.15, 0.2) is 0 Å². The average molecular weight is 225 g/mol. The lowest BCUT2D eigenvalue weighted by Gasteiger charge is -2.18. The third kappa shape index (κ3) is 3.47. The summed E-state index contributed by atoms with van der Waals surface area (Å²) in [5.74, 6) is 0.349. The van der Waals surface area contributed by atoms with Gasteiger partial charge >= 0.3 is 0 Å². The zero-order chi connectivity index (χ0) is 12.3. The van der Waals surface area contributed by atoms with Crippen molar-refractivity contribution in [2.45, 2.75) is 26.3 Å². The maximum Gasteiger partial charge on any atom is 0.290 e. The first-order valence-corrected chi connectivity index (χ1v) is 4.83. The summed E-state index contributed by atoms with van der Waals surface area (Å²) in [5, 5.41) is 10.6. The van der Waals surface area contributed by atoms with E-state index < -0.39 is 10.5 Å². The number of rotatable bonds is 4. The summed E-state index contributed by atoms with van der Waals surface area (Å²) in [6.45, 7) is 5.52. The SMILES string of the molecule is Cc1nc(OCC(C)(C)N)ccc1[N+](=O)[O-]. The second kappa shape index (κ2) is 4.44. The molecule has 6 nitrogen and oxygen atoms in total. The molecule has 0 aliphatic rings. The van der Waals surface area contributed by atoms with E-state index in [2.05, 4.69) is 4.98 Å². The molecule has 6 heteroatoms. The molecular formula is C10H15N3O3. The molecule has 0 fully saturated rings. The highest BCUT2D eigenvalue weighted by molar-refractivity contribution is 5.36. The maximum absolute atomic E-state index is 10.6. The first kappa shape index (κ1) is 12.4. The van der Waals surface area contributed by atoms with Gasteiger partial charge in [0.1, 0.15) is 12.3 Å². The van der Waals surface area contributed by atoms with Gasteiger partial charge in [-0.3, -0.25) is 10.1 Å². The maximum atomic E-state index is 10.6. The fourth-order valence-electron chi connectivity index (χ4n) is 1.06. The molecule has 0 spiro atoms. The predicted octanol–water partition coefficient (Wildman–Crippen LogP) is 1.41. The minimum Gasteiger partial charge on any atom is -0.476 e. The summed E-state index contributed by atoms with van der Waals surface area (Å²) < 4.78 is 5.33. The lowest BCUT2D eigenvalue weighted by Crippen LogP contribution is -2.38. The molecule has 1 aromatic heterocycles. The monoisotopic (exact) mass is 225 g/mol. The zero-order valence-electron chi connectivity index (χ0n) is 9.56. The van der Waals surface area contributed by atoms with Crippen molar-refractivity contribution in [3.63, 3.8) is 0 Å². The van der Waals surface area contributed by atoms with Crippen LogP contribution >= 0.6 is 0 Å². The van der Waals surface area contributed by atoms with Crippen LogP contribution < -0.4 is 10.5 Å². The van der Waals surface area contributed by atoms with Gasteiger partial charge < -0.3 is 10.5 Å². The Bertz CT molecular complexity index is 399. The predicted molar refractivity (Wildman–Crippen MR) is 59.4 cm³/mol. The van der Waals surface area contributed by atoms with Crippen molar-refractivity contribution in [1.82, 2.24) is 4.98 Å². The minimum atomic E-state index is -0.473. The van der Waals surface area contributed by atoms with Gasteiger partial charge in [-0.15, -0.1) is 0 Å². The van der Waals surface area contributed by atoms with Gasteiger partial charge in [-0.1, -0.05) is 0 Å². The molecule has 0 bridgehead atoms. The van der Waals surface area contributed by atoms with E-state index in [1.165, 1.54) is 12.1 Å². The largest absolute Gasteiger partial charge is 0.476 e. The van der Waals surface area contributed by atoms with Crippen molar-refractivity contribution in [3.05, 3.63) is 27.9 Å². The van der Waals surface area contributed by atoms with Crippen LogP contribution in [0.25, 0.3) is 0 Å². The van der Waals surface area contributed by atoms with Crippen LogP contribution in [0.4, 0.5) is 5.69 Å². The van der Waals surface area contributed by atoms with Crippen molar-refractivity contribution in [3.8, 4) is 5.88 Å². The number of nitrogens with zero attached hydrogens (tertiary/aromatic N) is 2. The number of pyridine rings is 1. The summed E-state index contributed by atoms with van der Waals surface area (Å²) in [5.41, 5.74) is 5.59. The second-order valence-corrected chi connectivity index (χ2v) is 4.29. The summed E-state index contributed by atoms with van der Waals surface area (Å²) >= 11 is 0. The molecule has 1 aromatic rings. The number of aromatic nitrogens is 1. The van der Waals surface area contributed by atoms with Crippen LogP contribution in [-0.4, -0.2) is 22.1 Å². The Morgan fingerprint density at radius 2 is 2.19 bits per heavy atom. The van der Waals surface area contributed by atoms with Gasteiger partial charge in [-0.25, -0.2) is 4.98 Å². The molecule has 0 radical (unpaired) electrons. The molecule has 0 saturated heterocycles. The molecule has 0 saturated carbocycles. The molecule has 0 aromatic carbocycles. The van der Waals surface area contributed by atoms with Gasteiger partial charge in [-0.05, 0) is 20.8 Å². The van der Waals surface area contributed by atoms with Crippen molar-refractivity contribution >= 4 is 5.69 Å². The van der Waals surface area contributed by atoms with Crippen molar-refractivity contribution in [2.75, 3.05) is 6.61 Å². The number of aryl methyl sites for hydroxylation is 1. The number of nitro groups is 1. The van der Waals surface area contributed by atoms with Crippen molar-refractivity contribution in [1.29, 1.82) is 0 Å². The van der Waals surface area contributed by atoms with E-state index in [-0.39, 0.29) is 5.69 Å². The van der Waals surface area contributed by atoms with E-state index in [4.69, 9.17) is 10.5 Å². The molecule has 16 heavy (non-hydrogen) atoms. The molecule has 0 aliphatic carbocycles. The molecule has 0 atom stereocenters. The molecular weight excluding hydrogens is 210 g/mol. The summed E-state index contributed by atoms with van der Waals surface area (Å²) in [6, 6.07) is 2.85. The Hall–Kier alpha value is -1.69. The van der Waals surface area contributed by atoms with E-state index in [0.29, 0.717) is 18.2 Å². The number of hydrogen-bond donors (Lipinski definition) is 1. The number of ether oxygens (including phenoxy) is 1. The van der Waals surface area contributed by atoms with Crippen LogP contribution in [0.15, 0.2) is 12.1 Å². The van der Waals surface area contributed by atoms with E-state index in [1.54, 1.807) is 6.92 Å². The molecule has 2 N–H and O–H groups in total. The Labute approximate surface area is 93.6 Å². The Balaban J connectivity index is 2.78. The molecule has 0 amide bonds. The van der Waals surface area contributed by atoms with Crippen LogP contribution in [0.2, 0.25) is 0 Å². The molecule has 1 heterocycles. The summed E-state index contributed by atoms with van der Waals surface area (Å²) in [4.78, 5) is 14.1. The van der Waals surface area contributed by atoms with Crippen LogP contribution in [0.3, 0.4) is 0 Å². The fourth-order valence-corrected chi connectivity index (χ4v) is 1.06. The van der Waals surface area contributed by atoms with Crippen LogP contribution in [-0.2, 0) is 0 Å². The van der Waals surface area contributed by atoms with E-state index in [9.17, 15) is 10.1 Å². The van der Waals surface area contributed by atoms with Gasteiger partial charge in [-0.2, -0.15) is 0 Å².